The summed E-state index contributed by atoms with van der Waals surface area (Å²) in [6.45, 7) is 5.51. The molecule has 3 rings (SSSR count). The second-order valence-corrected chi connectivity index (χ2v) is 6.85. The molecular formula is C20H24N4O3. The predicted molar refractivity (Wildman–Crippen MR) is 102 cm³/mol. The third kappa shape index (κ3) is 4.61. The van der Waals surface area contributed by atoms with Crippen molar-refractivity contribution >= 4 is 23.4 Å². The van der Waals surface area contributed by atoms with Gasteiger partial charge >= 0.3 is 5.97 Å². The SMILES string of the molecule is COC(=O)c1ccc(Nc2cc(C(=O)N3CCC(C)CC3)nc(C)n2)cc1. The van der Waals surface area contributed by atoms with E-state index in [2.05, 4.69) is 22.2 Å². The Bertz CT molecular complexity index is 828. The van der Waals surface area contributed by atoms with Gasteiger partial charge in [-0.3, -0.25) is 4.79 Å². The normalized spacial score (nSPS) is 14.7. The summed E-state index contributed by atoms with van der Waals surface area (Å²) in [6.07, 6.45) is 2.04. The molecule has 1 aliphatic rings. The van der Waals surface area contributed by atoms with E-state index in [1.165, 1.54) is 7.11 Å². The monoisotopic (exact) mass is 368 g/mol. The number of benzene rings is 1. The van der Waals surface area contributed by atoms with Gasteiger partial charge in [0.25, 0.3) is 5.91 Å². The van der Waals surface area contributed by atoms with E-state index in [0.29, 0.717) is 28.8 Å². The Morgan fingerprint density at radius 3 is 2.44 bits per heavy atom. The van der Waals surface area contributed by atoms with Gasteiger partial charge in [0.15, 0.2) is 0 Å². The third-order valence-electron chi connectivity index (χ3n) is 4.71. The van der Waals surface area contributed by atoms with Gasteiger partial charge in [-0.05, 0) is 49.9 Å². The zero-order valence-corrected chi connectivity index (χ0v) is 15.9. The fourth-order valence-corrected chi connectivity index (χ4v) is 3.07. The molecule has 0 unspecified atom stereocenters. The lowest BCUT2D eigenvalue weighted by Gasteiger charge is -2.30. The summed E-state index contributed by atoms with van der Waals surface area (Å²) in [7, 11) is 1.35. The number of piperidine rings is 1. The zero-order chi connectivity index (χ0) is 19.4. The van der Waals surface area contributed by atoms with Crippen LogP contribution in [0.25, 0.3) is 0 Å². The largest absolute Gasteiger partial charge is 0.465 e. The number of esters is 1. The maximum absolute atomic E-state index is 12.8. The van der Waals surface area contributed by atoms with E-state index in [1.807, 2.05) is 4.90 Å². The van der Waals surface area contributed by atoms with Crippen LogP contribution in [0, 0.1) is 12.8 Å². The number of nitrogens with zero attached hydrogens (tertiary/aromatic N) is 3. The van der Waals surface area contributed by atoms with Crippen LogP contribution < -0.4 is 5.32 Å². The molecule has 1 aromatic carbocycles. The Labute approximate surface area is 158 Å². The lowest BCUT2D eigenvalue weighted by molar-refractivity contribution is 0.0600. The summed E-state index contributed by atoms with van der Waals surface area (Å²) in [5.41, 5.74) is 1.62. The van der Waals surface area contributed by atoms with Crippen molar-refractivity contribution in [2.24, 2.45) is 5.92 Å². The molecule has 1 aromatic heterocycles. The summed E-state index contributed by atoms with van der Waals surface area (Å²) < 4.78 is 4.69. The Kier molecular flexibility index (Phi) is 5.69. The number of hydrogen-bond donors (Lipinski definition) is 1. The molecule has 1 N–H and O–H groups in total. The number of likely N-dealkylation sites (tertiary alicyclic amines) is 1. The fraction of sp³-hybridized carbons (Fsp3) is 0.400. The number of aromatic nitrogens is 2. The molecule has 0 spiro atoms. The third-order valence-corrected chi connectivity index (χ3v) is 4.71. The van der Waals surface area contributed by atoms with Crippen LogP contribution in [-0.4, -0.2) is 46.9 Å². The first-order valence-electron chi connectivity index (χ1n) is 9.06. The molecule has 2 aromatic rings. The van der Waals surface area contributed by atoms with Crippen molar-refractivity contribution in [3.05, 3.63) is 47.4 Å². The Hall–Kier alpha value is -2.96. The molecule has 1 saturated heterocycles. The van der Waals surface area contributed by atoms with Crippen molar-refractivity contribution in [1.29, 1.82) is 0 Å². The summed E-state index contributed by atoms with van der Waals surface area (Å²) in [5.74, 6) is 1.29. The number of rotatable bonds is 4. The van der Waals surface area contributed by atoms with Crippen LogP contribution in [0.3, 0.4) is 0 Å². The number of aryl methyl sites for hydroxylation is 1. The molecule has 0 atom stereocenters. The van der Waals surface area contributed by atoms with Crippen molar-refractivity contribution in [3.8, 4) is 0 Å². The molecule has 0 radical (unpaired) electrons. The topological polar surface area (TPSA) is 84.4 Å². The van der Waals surface area contributed by atoms with Gasteiger partial charge in [-0.1, -0.05) is 6.92 Å². The summed E-state index contributed by atoms with van der Waals surface area (Å²) in [6, 6.07) is 8.53. The van der Waals surface area contributed by atoms with Gasteiger partial charge in [0.1, 0.15) is 17.3 Å². The number of methoxy groups -OCH3 is 1. The van der Waals surface area contributed by atoms with Gasteiger partial charge in [-0.15, -0.1) is 0 Å². The number of ether oxygens (including phenoxy) is 1. The minimum absolute atomic E-state index is 0.0588. The first kappa shape index (κ1) is 18.8. The highest BCUT2D eigenvalue weighted by Gasteiger charge is 2.23. The molecular weight excluding hydrogens is 344 g/mol. The molecule has 142 valence electrons. The fourth-order valence-electron chi connectivity index (χ4n) is 3.07. The number of carbonyl (C=O) groups is 2. The highest BCUT2D eigenvalue weighted by Crippen LogP contribution is 2.20. The zero-order valence-electron chi connectivity index (χ0n) is 15.9. The van der Waals surface area contributed by atoms with Crippen molar-refractivity contribution in [2.75, 3.05) is 25.5 Å². The number of hydrogen-bond acceptors (Lipinski definition) is 6. The van der Waals surface area contributed by atoms with E-state index in [0.717, 1.165) is 31.6 Å². The molecule has 0 aliphatic carbocycles. The lowest BCUT2D eigenvalue weighted by Crippen LogP contribution is -2.38. The van der Waals surface area contributed by atoms with Crippen molar-refractivity contribution in [3.63, 3.8) is 0 Å². The van der Waals surface area contributed by atoms with Crippen LogP contribution in [0.15, 0.2) is 30.3 Å². The molecule has 1 fully saturated rings. The van der Waals surface area contributed by atoms with Crippen LogP contribution >= 0.6 is 0 Å². The predicted octanol–water partition coefficient (Wildman–Crippen LogP) is 3.19. The Balaban J connectivity index is 1.75. The molecule has 0 bridgehead atoms. The van der Waals surface area contributed by atoms with Gasteiger partial charge < -0.3 is 15.0 Å². The van der Waals surface area contributed by atoms with Gasteiger partial charge in [0.2, 0.25) is 0 Å². The maximum Gasteiger partial charge on any atom is 0.337 e. The molecule has 7 heteroatoms. The van der Waals surface area contributed by atoms with Gasteiger partial charge in [-0.2, -0.15) is 0 Å². The van der Waals surface area contributed by atoms with Crippen LogP contribution in [-0.2, 0) is 4.74 Å². The van der Waals surface area contributed by atoms with Gasteiger partial charge in [-0.25, -0.2) is 14.8 Å². The van der Waals surface area contributed by atoms with Crippen molar-refractivity contribution < 1.29 is 14.3 Å². The Morgan fingerprint density at radius 1 is 1.15 bits per heavy atom. The van der Waals surface area contributed by atoms with Gasteiger partial charge in [0.05, 0.1) is 12.7 Å². The first-order valence-corrected chi connectivity index (χ1v) is 9.06. The Morgan fingerprint density at radius 2 is 1.81 bits per heavy atom. The van der Waals surface area contributed by atoms with Crippen LogP contribution in [0.1, 0.15) is 46.4 Å². The van der Waals surface area contributed by atoms with Crippen molar-refractivity contribution in [1.82, 2.24) is 14.9 Å². The molecule has 1 amide bonds. The maximum atomic E-state index is 12.8. The van der Waals surface area contributed by atoms with E-state index in [9.17, 15) is 9.59 Å². The molecule has 0 saturated carbocycles. The number of nitrogens with one attached hydrogen (secondary N) is 1. The van der Waals surface area contributed by atoms with Crippen LogP contribution in [0.5, 0.6) is 0 Å². The lowest BCUT2D eigenvalue weighted by atomic mass is 9.99. The minimum Gasteiger partial charge on any atom is -0.465 e. The van der Waals surface area contributed by atoms with Crippen LogP contribution in [0.2, 0.25) is 0 Å². The van der Waals surface area contributed by atoms with E-state index < -0.39 is 0 Å². The quantitative estimate of drug-likeness (QED) is 0.835. The van der Waals surface area contributed by atoms with E-state index in [1.54, 1.807) is 37.3 Å². The second-order valence-electron chi connectivity index (χ2n) is 6.85. The smallest absolute Gasteiger partial charge is 0.337 e. The summed E-state index contributed by atoms with van der Waals surface area (Å²) in [4.78, 5) is 34.8. The molecule has 1 aliphatic heterocycles. The number of amides is 1. The van der Waals surface area contributed by atoms with E-state index in [-0.39, 0.29) is 11.9 Å². The number of anilines is 2. The standard InChI is InChI=1S/C20H24N4O3/c1-13-8-10-24(11-9-13)19(25)17-12-18(22-14(2)21-17)23-16-6-4-15(5-7-16)20(26)27-3/h4-7,12-13H,8-11H2,1-3H3,(H,21,22,23). The molecule has 7 nitrogen and oxygen atoms in total. The van der Waals surface area contributed by atoms with E-state index >= 15 is 0 Å². The second kappa shape index (κ2) is 8.16. The molecule has 2 heterocycles. The summed E-state index contributed by atoms with van der Waals surface area (Å²) >= 11 is 0. The highest BCUT2D eigenvalue weighted by molar-refractivity contribution is 5.93. The summed E-state index contributed by atoms with van der Waals surface area (Å²) in [5, 5.41) is 3.16. The van der Waals surface area contributed by atoms with Crippen molar-refractivity contribution in [2.45, 2.75) is 26.7 Å². The average Bonchev–Trinajstić information content (AvgIpc) is 2.67. The minimum atomic E-state index is -0.386. The first-order chi connectivity index (χ1) is 13.0. The molecule has 27 heavy (non-hydrogen) atoms. The average molecular weight is 368 g/mol. The highest BCUT2D eigenvalue weighted by atomic mass is 16.5. The number of carbonyl (C=O) groups excluding carboxylic acids is 2. The van der Waals surface area contributed by atoms with Gasteiger partial charge in [0, 0.05) is 24.8 Å². The van der Waals surface area contributed by atoms with Crippen LogP contribution in [0.4, 0.5) is 11.5 Å². The van der Waals surface area contributed by atoms with E-state index in [4.69, 9.17) is 4.74 Å².